The Bertz CT molecular complexity index is 414. The van der Waals surface area contributed by atoms with Gasteiger partial charge in [0.1, 0.15) is 9.84 Å². The van der Waals surface area contributed by atoms with E-state index >= 15 is 0 Å². The number of unbranched alkanes of at least 4 members (excludes halogenated alkanes) is 1. The maximum Gasteiger partial charge on any atom is 0.147 e. The summed E-state index contributed by atoms with van der Waals surface area (Å²) in [5.74, 6) is 0.290. The second-order valence-electron chi connectivity index (χ2n) is 4.38. The minimum absolute atomic E-state index is 0.290. The van der Waals surface area contributed by atoms with E-state index in [9.17, 15) is 8.42 Å². The standard InChI is InChI=1S/C13H21NO2S/c1-14-13(12-8-4-3-5-9-12)10-6-7-11-17(2,15)16/h3-5,8-9,13-14H,6-7,10-11H2,1-2H3. The van der Waals surface area contributed by atoms with Crippen LogP contribution in [0.2, 0.25) is 0 Å². The van der Waals surface area contributed by atoms with Gasteiger partial charge in [0.15, 0.2) is 0 Å². The number of nitrogens with one attached hydrogen (secondary N) is 1. The summed E-state index contributed by atoms with van der Waals surface area (Å²) in [6.45, 7) is 0. The molecule has 96 valence electrons. The molecule has 0 aliphatic carbocycles. The van der Waals surface area contributed by atoms with Crippen LogP contribution in [-0.4, -0.2) is 27.5 Å². The summed E-state index contributed by atoms with van der Waals surface area (Å²) >= 11 is 0. The van der Waals surface area contributed by atoms with Crippen molar-refractivity contribution in [3.05, 3.63) is 35.9 Å². The van der Waals surface area contributed by atoms with Crippen molar-refractivity contribution in [3.63, 3.8) is 0 Å². The van der Waals surface area contributed by atoms with Gasteiger partial charge in [0.05, 0.1) is 0 Å². The van der Waals surface area contributed by atoms with Gasteiger partial charge in [-0.25, -0.2) is 8.42 Å². The van der Waals surface area contributed by atoms with E-state index in [-0.39, 0.29) is 5.75 Å². The molecular weight excluding hydrogens is 234 g/mol. The lowest BCUT2D eigenvalue weighted by atomic mass is 10.0. The van der Waals surface area contributed by atoms with Gasteiger partial charge in [0.25, 0.3) is 0 Å². The van der Waals surface area contributed by atoms with Gasteiger partial charge < -0.3 is 5.32 Å². The van der Waals surface area contributed by atoms with Crippen molar-refractivity contribution >= 4 is 9.84 Å². The molecule has 0 heterocycles. The number of benzene rings is 1. The highest BCUT2D eigenvalue weighted by atomic mass is 32.2. The number of hydrogen-bond acceptors (Lipinski definition) is 3. The zero-order valence-corrected chi connectivity index (χ0v) is 11.3. The fraction of sp³-hybridized carbons (Fsp3) is 0.538. The highest BCUT2D eigenvalue weighted by Gasteiger charge is 2.09. The molecule has 4 heteroatoms. The number of sulfone groups is 1. The Hall–Kier alpha value is -0.870. The molecule has 17 heavy (non-hydrogen) atoms. The molecule has 1 atom stereocenters. The van der Waals surface area contributed by atoms with Gasteiger partial charge >= 0.3 is 0 Å². The van der Waals surface area contributed by atoms with Crippen LogP contribution in [0.5, 0.6) is 0 Å². The first-order valence-electron chi connectivity index (χ1n) is 5.93. The lowest BCUT2D eigenvalue weighted by Crippen LogP contribution is -2.16. The van der Waals surface area contributed by atoms with Crippen LogP contribution in [0.25, 0.3) is 0 Å². The monoisotopic (exact) mass is 255 g/mol. The fourth-order valence-corrected chi connectivity index (χ4v) is 2.60. The van der Waals surface area contributed by atoms with Gasteiger partial charge in [-0.15, -0.1) is 0 Å². The molecule has 0 saturated carbocycles. The van der Waals surface area contributed by atoms with Gasteiger partial charge in [-0.3, -0.25) is 0 Å². The van der Waals surface area contributed by atoms with Crippen LogP contribution >= 0.6 is 0 Å². The third-order valence-electron chi connectivity index (χ3n) is 2.81. The minimum Gasteiger partial charge on any atom is -0.313 e. The number of hydrogen-bond donors (Lipinski definition) is 1. The molecule has 0 spiro atoms. The quantitative estimate of drug-likeness (QED) is 0.759. The van der Waals surface area contributed by atoms with Gasteiger partial charge in [0.2, 0.25) is 0 Å². The topological polar surface area (TPSA) is 46.2 Å². The average molecular weight is 255 g/mol. The molecule has 3 nitrogen and oxygen atoms in total. The molecule has 1 unspecified atom stereocenters. The van der Waals surface area contributed by atoms with Gasteiger partial charge in [-0.05, 0) is 25.5 Å². The molecule has 1 rings (SSSR count). The van der Waals surface area contributed by atoms with E-state index in [2.05, 4.69) is 17.4 Å². The Labute approximate surface area is 104 Å². The Balaban J connectivity index is 2.39. The van der Waals surface area contributed by atoms with Crippen molar-refractivity contribution < 1.29 is 8.42 Å². The molecule has 1 N–H and O–H groups in total. The Morgan fingerprint density at radius 2 is 1.82 bits per heavy atom. The van der Waals surface area contributed by atoms with Crippen LogP contribution in [0, 0.1) is 0 Å². The van der Waals surface area contributed by atoms with Gasteiger partial charge in [0, 0.05) is 18.1 Å². The highest BCUT2D eigenvalue weighted by molar-refractivity contribution is 7.90. The summed E-state index contributed by atoms with van der Waals surface area (Å²) in [6, 6.07) is 10.6. The predicted octanol–water partition coefficient (Wildman–Crippen LogP) is 2.16. The third kappa shape index (κ3) is 5.84. The molecule has 0 saturated heterocycles. The van der Waals surface area contributed by atoms with E-state index in [1.54, 1.807) is 0 Å². The van der Waals surface area contributed by atoms with Crippen LogP contribution in [0.1, 0.15) is 30.9 Å². The van der Waals surface area contributed by atoms with Crippen LogP contribution < -0.4 is 5.32 Å². The zero-order valence-electron chi connectivity index (χ0n) is 10.5. The molecule has 1 aromatic rings. The lowest BCUT2D eigenvalue weighted by Gasteiger charge is -2.16. The Kier molecular flexibility index (Phi) is 5.65. The molecule has 0 aromatic heterocycles. The highest BCUT2D eigenvalue weighted by Crippen LogP contribution is 2.18. The van der Waals surface area contributed by atoms with E-state index in [4.69, 9.17) is 0 Å². The van der Waals surface area contributed by atoms with Crippen LogP contribution in [0.15, 0.2) is 30.3 Å². The normalized spacial score (nSPS) is 13.5. The maximum absolute atomic E-state index is 11.0. The zero-order chi connectivity index (χ0) is 12.7. The Morgan fingerprint density at radius 3 is 2.35 bits per heavy atom. The first kappa shape index (κ1) is 14.2. The lowest BCUT2D eigenvalue weighted by molar-refractivity contribution is 0.520. The van der Waals surface area contributed by atoms with Crippen molar-refractivity contribution in [2.75, 3.05) is 19.1 Å². The summed E-state index contributed by atoms with van der Waals surface area (Å²) < 4.78 is 22.0. The molecule has 0 radical (unpaired) electrons. The van der Waals surface area contributed by atoms with Crippen molar-refractivity contribution in [2.24, 2.45) is 0 Å². The second-order valence-corrected chi connectivity index (χ2v) is 6.64. The molecule has 0 amide bonds. The maximum atomic E-state index is 11.0. The summed E-state index contributed by atoms with van der Waals surface area (Å²) in [6.07, 6.45) is 3.92. The van der Waals surface area contributed by atoms with Gasteiger partial charge in [-0.1, -0.05) is 36.8 Å². The van der Waals surface area contributed by atoms with Gasteiger partial charge in [-0.2, -0.15) is 0 Å². The largest absolute Gasteiger partial charge is 0.313 e. The van der Waals surface area contributed by atoms with Crippen molar-refractivity contribution in [1.82, 2.24) is 5.32 Å². The molecule has 0 aliphatic heterocycles. The molecular formula is C13H21NO2S. The predicted molar refractivity (Wildman–Crippen MR) is 71.8 cm³/mol. The molecule has 0 bridgehead atoms. The molecule has 0 aliphatic rings. The van der Waals surface area contributed by atoms with Crippen molar-refractivity contribution in [1.29, 1.82) is 0 Å². The summed E-state index contributed by atoms with van der Waals surface area (Å²) in [5.41, 5.74) is 1.26. The fourth-order valence-electron chi connectivity index (χ4n) is 1.88. The number of rotatable bonds is 7. The summed E-state index contributed by atoms with van der Waals surface area (Å²) in [5, 5.41) is 3.27. The van der Waals surface area contributed by atoms with Crippen LogP contribution in [0.3, 0.4) is 0 Å². The second kappa shape index (κ2) is 6.77. The van der Waals surface area contributed by atoms with Crippen molar-refractivity contribution in [2.45, 2.75) is 25.3 Å². The van der Waals surface area contributed by atoms with E-state index in [1.165, 1.54) is 11.8 Å². The van der Waals surface area contributed by atoms with E-state index < -0.39 is 9.84 Å². The average Bonchev–Trinajstić information content (AvgIpc) is 2.29. The molecule has 0 fully saturated rings. The first-order chi connectivity index (χ1) is 8.03. The minimum atomic E-state index is -2.81. The summed E-state index contributed by atoms with van der Waals surface area (Å²) in [7, 11) is -0.875. The molecule has 1 aromatic carbocycles. The van der Waals surface area contributed by atoms with Crippen LogP contribution in [0.4, 0.5) is 0 Å². The summed E-state index contributed by atoms with van der Waals surface area (Å²) in [4.78, 5) is 0. The SMILES string of the molecule is CNC(CCCCS(C)(=O)=O)c1ccccc1. The van der Waals surface area contributed by atoms with Crippen molar-refractivity contribution in [3.8, 4) is 0 Å². The van der Waals surface area contributed by atoms with E-state index in [1.807, 2.05) is 25.2 Å². The van der Waals surface area contributed by atoms with E-state index in [0.29, 0.717) is 6.04 Å². The third-order valence-corrected chi connectivity index (χ3v) is 3.84. The first-order valence-corrected chi connectivity index (χ1v) is 7.99. The van der Waals surface area contributed by atoms with E-state index in [0.717, 1.165) is 19.3 Å². The van der Waals surface area contributed by atoms with Crippen LogP contribution in [-0.2, 0) is 9.84 Å². The smallest absolute Gasteiger partial charge is 0.147 e. The Morgan fingerprint density at radius 1 is 1.18 bits per heavy atom.